The molecule has 0 aliphatic carbocycles. The average Bonchev–Trinajstić information content (AvgIpc) is 2.80. The first kappa shape index (κ1) is 15.4. The summed E-state index contributed by atoms with van der Waals surface area (Å²) in [4.78, 5) is 15.2. The summed E-state index contributed by atoms with van der Waals surface area (Å²) in [6.07, 6.45) is 2.63. The van der Waals surface area contributed by atoms with Gasteiger partial charge in [0.1, 0.15) is 10.6 Å². The Morgan fingerprint density at radius 1 is 1.43 bits per heavy atom. The first-order chi connectivity index (χ1) is 9.79. The van der Waals surface area contributed by atoms with Crippen LogP contribution in [0, 0.1) is 17.0 Å². The van der Waals surface area contributed by atoms with Gasteiger partial charge in [0.05, 0.1) is 16.5 Å². The molecule has 7 nitrogen and oxygen atoms in total. The lowest BCUT2D eigenvalue weighted by Gasteiger charge is -2.08. The summed E-state index contributed by atoms with van der Waals surface area (Å²) in [5.41, 5.74) is -0.254. The van der Waals surface area contributed by atoms with Crippen LogP contribution in [-0.2, 0) is 16.4 Å². The third-order valence-corrected chi connectivity index (χ3v) is 4.74. The second-order valence-corrected chi connectivity index (χ2v) is 7.68. The van der Waals surface area contributed by atoms with Crippen molar-refractivity contribution in [1.29, 1.82) is 0 Å². The Morgan fingerprint density at radius 2 is 2.14 bits per heavy atom. The van der Waals surface area contributed by atoms with E-state index in [0.29, 0.717) is 6.54 Å². The number of aromatic nitrogens is 1. The molecule has 0 unspecified atom stereocenters. The minimum absolute atomic E-state index is 0.175. The molecule has 0 atom stereocenters. The molecule has 0 spiro atoms. The van der Waals surface area contributed by atoms with Gasteiger partial charge in [-0.15, -0.1) is 11.3 Å². The topological polar surface area (TPSA) is 102 Å². The van der Waals surface area contributed by atoms with Gasteiger partial charge in [-0.2, -0.15) is 0 Å². The Morgan fingerprint density at radius 3 is 2.67 bits per heavy atom. The van der Waals surface area contributed by atoms with Gasteiger partial charge in [0.2, 0.25) is 0 Å². The van der Waals surface area contributed by atoms with Gasteiger partial charge in [-0.05, 0) is 19.1 Å². The van der Waals surface area contributed by atoms with Crippen LogP contribution in [0.15, 0.2) is 29.3 Å². The first-order valence-electron chi connectivity index (χ1n) is 5.91. The maximum Gasteiger partial charge on any atom is 0.310 e. The lowest BCUT2D eigenvalue weighted by molar-refractivity contribution is -0.386. The Kier molecular flexibility index (Phi) is 4.24. The second-order valence-electron chi connectivity index (χ2n) is 4.38. The van der Waals surface area contributed by atoms with Gasteiger partial charge in [0.15, 0.2) is 9.84 Å². The Balaban J connectivity index is 2.37. The molecule has 112 valence electrons. The van der Waals surface area contributed by atoms with E-state index >= 15 is 0 Å². The summed E-state index contributed by atoms with van der Waals surface area (Å²) >= 11 is 1.47. The summed E-state index contributed by atoms with van der Waals surface area (Å²) in [5.74, 6) is 0. The van der Waals surface area contributed by atoms with E-state index in [4.69, 9.17) is 0 Å². The summed E-state index contributed by atoms with van der Waals surface area (Å²) in [5, 5.41) is 15.0. The van der Waals surface area contributed by atoms with E-state index in [1.54, 1.807) is 6.20 Å². The molecular weight excluding hydrogens is 314 g/mol. The standard InChI is InChI=1S/C12H13N3O4S2/c1-8-13-6-9(20-8)7-14-10-4-3-5-11(21(2,18)19)12(10)15(16)17/h3-6,14H,7H2,1-2H3. The molecule has 2 rings (SSSR count). The molecule has 21 heavy (non-hydrogen) atoms. The number of hydrogen-bond acceptors (Lipinski definition) is 7. The molecule has 0 saturated heterocycles. The number of aryl methyl sites for hydroxylation is 1. The second kappa shape index (κ2) is 5.78. The molecule has 9 heteroatoms. The van der Waals surface area contributed by atoms with Gasteiger partial charge in [-0.25, -0.2) is 13.4 Å². The monoisotopic (exact) mass is 327 g/mol. The fourth-order valence-corrected chi connectivity index (χ4v) is 3.42. The maximum absolute atomic E-state index is 11.6. The van der Waals surface area contributed by atoms with Crippen molar-refractivity contribution in [3.8, 4) is 0 Å². The molecule has 0 bridgehead atoms. The maximum atomic E-state index is 11.6. The largest absolute Gasteiger partial charge is 0.374 e. The zero-order valence-corrected chi connectivity index (χ0v) is 13.0. The molecule has 1 heterocycles. The Hall–Kier alpha value is -2.00. The van der Waals surface area contributed by atoms with E-state index in [9.17, 15) is 18.5 Å². The van der Waals surface area contributed by atoms with E-state index in [1.807, 2.05) is 6.92 Å². The summed E-state index contributed by atoms with van der Waals surface area (Å²) in [7, 11) is -3.67. The highest BCUT2D eigenvalue weighted by Gasteiger charge is 2.25. The van der Waals surface area contributed by atoms with Crippen molar-refractivity contribution in [2.24, 2.45) is 0 Å². The van der Waals surface area contributed by atoms with Crippen LogP contribution in [0.2, 0.25) is 0 Å². The van der Waals surface area contributed by atoms with Gasteiger partial charge >= 0.3 is 5.69 Å². The Labute approximate surface area is 125 Å². The summed E-state index contributed by atoms with van der Waals surface area (Å²) < 4.78 is 23.3. The van der Waals surface area contributed by atoms with Crippen molar-refractivity contribution >= 4 is 32.5 Å². The smallest absolute Gasteiger partial charge is 0.310 e. The third kappa shape index (κ3) is 3.56. The van der Waals surface area contributed by atoms with Crippen LogP contribution < -0.4 is 5.32 Å². The van der Waals surface area contributed by atoms with Crippen molar-refractivity contribution in [3.05, 3.63) is 44.4 Å². The van der Waals surface area contributed by atoms with Crippen molar-refractivity contribution < 1.29 is 13.3 Å². The SMILES string of the molecule is Cc1ncc(CNc2cccc(S(C)(=O)=O)c2[N+](=O)[O-])s1. The number of sulfone groups is 1. The number of nitrogens with one attached hydrogen (secondary N) is 1. The molecule has 0 fully saturated rings. The number of para-hydroxylation sites is 1. The first-order valence-corrected chi connectivity index (χ1v) is 8.62. The lowest BCUT2D eigenvalue weighted by atomic mass is 10.2. The molecule has 0 aliphatic heterocycles. The number of anilines is 1. The van der Waals surface area contributed by atoms with Crippen molar-refractivity contribution in [1.82, 2.24) is 4.98 Å². The van der Waals surface area contributed by atoms with Crippen LogP contribution in [-0.4, -0.2) is 24.6 Å². The molecule has 1 N–H and O–H groups in total. The average molecular weight is 327 g/mol. The molecule has 0 radical (unpaired) electrons. The van der Waals surface area contributed by atoms with Crippen LogP contribution in [0.25, 0.3) is 0 Å². The van der Waals surface area contributed by atoms with E-state index in [0.717, 1.165) is 16.1 Å². The fourth-order valence-electron chi connectivity index (χ4n) is 1.82. The van der Waals surface area contributed by atoms with E-state index in [2.05, 4.69) is 10.3 Å². The van der Waals surface area contributed by atoms with Crippen molar-refractivity contribution in [2.75, 3.05) is 11.6 Å². The molecular formula is C12H13N3O4S2. The third-order valence-electron chi connectivity index (χ3n) is 2.70. The molecule has 1 aromatic heterocycles. The zero-order chi connectivity index (χ0) is 15.6. The van der Waals surface area contributed by atoms with Gasteiger partial charge in [-0.3, -0.25) is 10.1 Å². The molecule has 0 saturated carbocycles. The van der Waals surface area contributed by atoms with Crippen LogP contribution in [0.4, 0.5) is 11.4 Å². The highest BCUT2D eigenvalue weighted by Crippen LogP contribution is 2.32. The van der Waals surface area contributed by atoms with E-state index in [-0.39, 0.29) is 10.6 Å². The van der Waals surface area contributed by atoms with E-state index in [1.165, 1.54) is 29.5 Å². The van der Waals surface area contributed by atoms with Crippen LogP contribution >= 0.6 is 11.3 Å². The van der Waals surface area contributed by atoms with Gasteiger partial charge < -0.3 is 5.32 Å². The summed E-state index contributed by atoms with van der Waals surface area (Å²) in [6, 6.07) is 4.19. The van der Waals surface area contributed by atoms with E-state index < -0.39 is 20.4 Å². The number of nitro benzene ring substituents is 1. The minimum Gasteiger partial charge on any atom is -0.374 e. The van der Waals surface area contributed by atoms with Crippen molar-refractivity contribution in [2.45, 2.75) is 18.4 Å². The molecule has 0 aliphatic rings. The number of hydrogen-bond donors (Lipinski definition) is 1. The van der Waals surface area contributed by atoms with Crippen LogP contribution in [0.1, 0.15) is 9.88 Å². The Bertz CT molecular complexity index is 784. The number of thiazole rings is 1. The van der Waals surface area contributed by atoms with Gasteiger partial charge in [0.25, 0.3) is 0 Å². The minimum atomic E-state index is -3.67. The normalized spacial score (nSPS) is 11.3. The quantitative estimate of drug-likeness (QED) is 0.668. The van der Waals surface area contributed by atoms with Crippen molar-refractivity contribution in [3.63, 3.8) is 0 Å². The number of rotatable bonds is 5. The zero-order valence-electron chi connectivity index (χ0n) is 11.4. The van der Waals surface area contributed by atoms with Gasteiger partial charge in [0, 0.05) is 17.3 Å². The number of nitrogens with zero attached hydrogens (tertiary/aromatic N) is 2. The fraction of sp³-hybridized carbons (Fsp3) is 0.250. The highest BCUT2D eigenvalue weighted by molar-refractivity contribution is 7.90. The lowest BCUT2D eigenvalue weighted by Crippen LogP contribution is -2.07. The van der Waals surface area contributed by atoms with Crippen LogP contribution in [0.3, 0.4) is 0 Å². The highest BCUT2D eigenvalue weighted by atomic mass is 32.2. The number of benzene rings is 1. The molecule has 2 aromatic rings. The predicted molar refractivity (Wildman–Crippen MR) is 80.4 cm³/mol. The number of nitro groups is 1. The van der Waals surface area contributed by atoms with Gasteiger partial charge in [-0.1, -0.05) is 6.07 Å². The van der Waals surface area contributed by atoms with Crippen LogP contribution in [0.5, 0.6) is 0 Å². The molecule has 1 aromatic carbocycles. The molecule has 0 amide bonds. The predicted octanol–water partition coefficient (Wildman–Crippen LogP) is 2.38. The summed E-state index contributed by atoms with van der Waals surface area (Å²) in [6.45, 7) is 2.21.